The summed E-state index contributed by atoms with van der Waals surface area (Å²) >= 11 is 0. The van der Waals surface area contributed by atoms with Crippen molar-refractivity contribution in [3.63, 3.8) is 0 Å². The number of carbonyl (C=O) groups is 2. The zero-order chi connectivity index (χ0) is 13.5. The van der Waals surface area contributed by atoms with Gasteiger partial charge in [0.25, 0.3) is 0 Å². The van der Waals surface area contributed by atoms with E-state index in [0.717, 1.165) is 24.1 Å². The van der Waals surface area contributed by atoms with Crippen LogP contribution in [0.2, 0.25) is 0 Å². The molecule has 2 heterocycles. The molecule has 4 nitrogen and oxygen atoms in total. The minimum Gasteiger partial charge on any atom is -0.343 e. The lowest BCUT2D eigenvalue weighted by Crippen LogP contribution is -2.48. The molecular weight excluding hydrogens is 240 g/mol. The van der Waals surface area contributed by atoms with E-state index in [9.17, 15) is 9.59 Å². The van der Waals surface area contributed by atoms with Crippen LogP contribution in [-0.4, -0.2) is 29.8 Å². The first-order valence-corrected chi connectivity index (χ1v) is 6.86. The van der Waals surface area contributed by atoms with Crippen molar-refractivity contribution < 1.29 is 9.59 Å². The lowest BCUT2D eigenvalue weighted by molar-refractivity contribution is -0.134. The van der Waals surface area contributed by atoms with Crippen LogP contribution < -0.4 is 5.32 Å². The van der Waals surface area contributed by atoms with Gasteiger partial charge in [-0.05, 0) is 24.5 Å². The summed E-state index contributed by atoms with van der Waals surface area (Å²) in [4.78, 5) is 25.9. The third kappa shape index (κ3) is 1.74. The van der Waals surface area contributed by atoms with Gasteiger partial charge in [-0.1, -0.05) is 25.1 Å². The van der Waals surface area contributed by atoms with Gasteiger partial charge in [0.2, 0.25) is 11.8 Å². The molecule has 0 bridgehead atoms. The standard InChI is InChI=1S/C15H18N2O2/c1-2-13(18)17-9-7-15(8-10-17)11-5-3-4-6-12(11)16-14(15)19/h3-6H,2,7-10H2,1H3,(H,16,19). The summed E-state index contributed by atoms with van der Waals surface area (Å²) in [5.74, 6) is 0.277. The molecule has 1 aromatic rings. The van der Waals surface area contributed by atoms with E-state index < -0.39 is 5.41 Å². The van der Waals surface area contributed by atoms with Crippen molar-refractivity contribution >= 4 is 17.5 Å². The summed E-state index contributed by atoms with van der Waals surface area (Å²) in [5.41, 5.74) is 1.62. The fraction of sp³-hybridized carbons (Fsp3) is 0.467. The quantitative estimate of drug-likeness (QED) is 0.836. The van der Waals surface area contributed by atoms with E-state index in [1.54, 1.807) is 0 Å². The molecule has 0 unspecified atom stereocenters. The molecule has 0 aromatic heterocycles. The van der Waals surface area contributed by atoms with Crippen LogP contribution >= 0.6 is 0 Å². The van der Waals surface area contributed by atoms with Gasteiger partial charge < -0.3 is 10.2 Å². The van der Waals surface area contributed by atoms with Crippen LogP contribution in [0.5, 0.6) is 0 Å². The predicted molar refractivity (Wildman–Crippen MR) is 72.9 cm³/mol. The van der Waals surface area contributed by atoms with Crippen molar-refractivity contribution in [2.45, 2.75) is 31.6 Å². The highest BCUT2D eigenvalue weighted by atomic mass is 16.2. The molecule has 1 spiro atoms. The molecule has 1 saturated heterocycles. The Morgan fingerprint density at radius 2 is 2.00 bits per heavy atom. The SMILES string of the molecule is CCC(=O)N1CCC2(CC1)C(=O)Nc1ccccc12. The maximum atomic E-state index is 12.3. The van der Waals surface area contributed by atoms with Gasteiger partial charge in [0.15, 0.2) is 0 Å². The number of amides is 2. The molecule has 2 aliphatic rings. The Morgan fingerprint density at radius 3 is 2.68 bits per heavy atom. The highest BCUT2D eigenvalue weighted by Crippen LogP contribution is 2.44. The maximum Gasteiger partial charge on any atom is 0.235 e. The summed E-state index contributed by atoms with van der Waals surface area (Å²) in [5, 5.41) is 2.97. The van der Waals surface area contributed by atoms with Gasteiger partial charge >= 0.3 is 0 Å². The number of carbonyl (C=O) groups excluding carboxylic acids is 2. The fourth-order valence-electron chi connectivity index (χ4n) is 3.23. The lowest BCUT2D eigenvalue weighted by Gasteiger charge is -2.37. The molecule has 19 heavy (non-hydrogen) atoms. The van der Waals surface area contributed by atoms with Crippen LogP contribution in [0.15, 0.2) is 24.3 Å². The van der Waals surface area contributed by atoms with Crippen LogP contribution in [0.4, 0.5) is 5.69 Å². The van der Waals surface area contributed by atoms with Crippen molar-refractivity contribution in [1.29, 1.82) is 0 Å². The van der Waals surface area contributed by atoms with Crippen molar-refractivity contribution in [2.24, 2.45) is 0 Å². The molecule has 0 radical (unpaired) electrons. The maximum absolute atomic E-state index is 12.3. The Labute approximate surface area is 112 Å². The number of fused-ring (bicyclic) bond motifs is 2. The number of anilines is 1. The summed E-state index contributed by atoms with van der Waals surface area (Å²) in [7, 11) is 0. The lowest BCUT2D eigenvalue weighted by atomic mass is 9.73. The van der Waals surface area contributed by atoms with Gasteiger partial charge in [-0.3, -0.25) is 9.59 Å². The van der Waals surface area contributed by atoms with E-state index in [4.69, 9.17) is 0 Å². The van der Waals surface area contributed by atoms with Crippen LogP contribution in [0.1, 0.15) is 31.7 Å². The molecule has 100 valence electrons. The van der Waals surface area contributed by atoms with E-state index in [1.165, 1.54) is 0 Å². The Balaban J connectivity index is 1.87. The monoisotopic (exact) mass is 258 g/mol. The minimum atomic E-state index is -0.416. The first kappa shape index (κ1) is 12.2. The fourth-order valence-corrected chi connectivity index (χ4v) is 3.23. The van der Waals surface area contributed by atoms with Gasteiger partial charge in [-0.15, -0.1) is 0 Å². The zero-order valence-corrected chi connectivity index (χ0v) is 11.1. The first-order valence-electron chi connectivity index (χ1n) is 6.86. The molecule has 0 atom stereocenters. The number of hydrogen-bond donors (Lipinski definition) is 1. The number of rotatable bonds is 1. The van der Waals surface area contributed by atoms with Gasteiger partial charge in [0.05, 0.1) is 5.41 Å². The van der Waals surface area contributed by atoms with E-state index in [-0.39, 0.29) is 11.8 Å². The average Bonchev–Trinajstić information content (AvgIpc) is 2.72. The molecule has 1 aromatic carbocycles. The van der Waals surface area contributed by atoms with Crippen LogP contribution in [0.3, 0.4) is 0 Å². The predicted octanol–water partition coefficient (Wildman–Crippen LogP) is 1.91. The summed E-state index contributed by atoms with van der Waals surface area (Å²) in [6, 6.07) is 7.90. The molecule has 1 N–H and O–H groups in total. The molecule has 0 aliphatic carbocycles. The molecule has 2 amide bonds. The Kier molecular flexibility index (Phi) is 2.81. The largest absolute Gasteiger partial charge is 0.343 e. The van der Waals surface area contributed by atoms with Crippen molar-refractivity contribution in [3.8, 4) is 0 Å². The summed E-state index contributed by atoms with van der Waals surface area (Å²) in [6.07, 6.45) is 1.99. The number of hydrogen-bond acceptors (Lipinski definition) is 2. The second-order valence-corrected chi connectivity index (χ2v) is 5.32. The number of benzene rings is 1. The second-order valence-electron chi connectivity index (χ2n) is 5.32. The van der Waals surface area contributed by atoms with Gasteiger partial charge in [0.1, 0.15) is 0 Å². The molecular formula is C15H18N2O2. The average molecular weight is 258 g/mol. The van der Waals surface area contributed by atoms with Gasteiger partial charge in [-0.2, -0.15) is 0 Å². The third-order valence-electron chi connectivity index (χ3n) is 4.40. The van der Waals surface area contributed by atoms with Crippen molar-refractivity contribution in [3.05, 3.63) is 29.8 Å². The van der Waals surface area contributed by atoms with Crippen molar-refractivity contribution in [2.75, 3.05) is 18.4 Å². The van der Waals surface area contributed by atoms with E-state index >= 15 is 0 Å². The first-order chi connectivity index (χ1) is 9.17. The molecule has 2 aliphatic heterocycles. The normalized spacial score (nSPS) is 20.3. The number of para-hydroxylation sites is 1. The highest BCUT2D eigenvalue weighted by Gasteiger charge is 2.48. The Hall–Kier alpha value is -1.84. The Morgan fingerprint density at radius 1 is 1.32 bits per heavy atom. The zero-order valence-electron chi connectivity index (χ0n) is 11.1. The summed E-state index contributed by atoms with van der Waals surface area (Å²) in [6.45, 7) is 3.23. The molecule has 3 rings (SSSR count). The van der Waals surface area contributed by atoms with E-state index in [1.807, 2.05) is 36.1 Å². The van der Waals surface area contributed by atoms with Gasteiger partial charge in [-0.25, -0.2) is 0 Å². The van der Waals surface area contributed by atoms with Gasteiger partial charge in [0, 0.05) is 25.2 Å². The highest BCUT2D eigenvalue weighted by molar-refractivity contribution is 6.06. The van der Waals surface area contributed by atoms with Crippen molar-refractivity contribution in [1.82, 2.24) is 4.90 Å². The Bertz CT molecular complexity index is 531. The number of nitrogens with one attached hydrogen (secondary N) is 1. The third-order valence-corrected chi connectivity index (χ3v) is 4.40. The topological polar surface area (TPSA) is 49.4 Å². The second kappa shape index (κ2) is 4.37. The molecule has 0 saturated carbocycles. The summed E-state index contributed by atoms with van der Waals surface area (Å²) < 4.78 is 0. The minimum absolute atomic E-state index is 0.0947. The van der Waals surface area contributed by atoms with Crippen LogP contribution in [0.25, 0.3) is 0 Å². The van der Waals surface area contributed by atoms with E-state index in [2.05, 4.69) is 5.32 Å². The number of nitrogens with zero attached hydrogens (tertiary/aromatic N) is 1. The smallest absolute Gasteiger partial charge is 0.235 e. The molecule has 1 fully saturated rings. The number of piperidine rings is 1. The van der Waals surface area contributed by atoms with E-state index in [0.29, 0.717) is 19.5 Å². The van der Waals surface area contributed by atoms with Crippen LogP contribution in [0, 0.1) is 0 Å². The number of likely N-dealkylation sites (tertiary alicyclic amines) is 1. The molecule has 4 heteroatoms. The van der Waals surface area contributed by atoms with Crippen LogP contribution in [-0.2, 0) is 15.0 Å².